The summed E-state index contributed by atoms with van der Waals surface area (Å²) < 4.78 is 0. The van der Waals surface area contributed by atoms with Gasteiger partial charge in [-0.3, -0.25) is 4.79 Å². The number of ketones is 1. The Morgan fingerprint density at radius 2 is 0.938 bits per heavy atom. The molecule has 0 amide bonds. The summed E-state index contributed by atoms with van der Waals surface area (Å²) in [6.45, 7) is 24.4. The molecule has 0 N–H and O–H groups in total. The van der Waals surface area contributed by atoms with Gasteiger partial charge in [-0.05, 0) is 83.9 Å². The molecule has 1 heteroatoms. The summed E-state index contributed by atoms with van der Waals surface area (Å²) in [6, 6.07) is 0. The van der Waals surface area contributed by atoms with Crippen molar-refractivity contribution in [1.82, 2.24) is 0 Å². The van der Waals surface area contributed by atoms with Crippen LogP contribution in [0.4, 0.5) is 0 Å². The van der Waals surface area contributed by atoms with Crippen LogP contribution in [0.3, 0.4) is 0 Å². The Morgan fingerprint density at radius 3 is 1.28 bits per heavy atom. The average molecular weight is 439 g/mol. The number of hydrogen-bond acceptors (Lipinski definition) is 1. The quantitative estimate of drug-likeness (QED) is 0.400. The van der Waals surface area contributed by atoms with E-state index in [1.54, 1.807) is 22.3 Å². The molecule has 0 saturated carbocycles. The molecular weight excluding hydrogens is 388 g/mol. The fraction of sp³-hybridized carbons (Fsp3) is 0.839. The molecule has 4 rings (SSSR count). The molecule has 4 aliphatic carbocycles. The van der Waals surface area contributed by atoms with Crippen molar-refractivity contribution < 1.29 is 4.79 Å². The molecule has 0 saturated heterocycles. The van der Waals surface area contributed by atoms with Crippen LogP contribution in [0.15, 0.2) is 22.3 Å². The molecule has 4 aliphatic rings. The number of rotatable bonds is 4. The van der Waals surface area contributed by atoms with Crippen LogP contribution in [0.25, 0.3) is 0 Å². The zero-order valence-corrected chi connectivity index (χ0v) is 22.9. The zero-order valence-electron chi connectivity index (χ0n) is 22.9. The Hall–Kier alpha value is -0.850. The van der Waals surface area contributed by atoms with Crippen LogP contribution >= 0.6 is 0 Å². The Morgan fingerprint density at radius 1 is 0.625 bits per heavy atom. The van der Waals surface area contributed by atoms with Gasteiger partial charge in [0.25, 0.3) is 0 Å². The lowest BCUT2D eigenvalue weighted by molar-refractivity contribution is -0.120. The summed E-state index contributed by atoms with van der Waals surface area (Å²) in [5, 5.41) is 0. The fourth-order valence-electron chi connectivity index (χ4n) is 8.36. The maximum Gasteiger partial charge on any atom is 0.133 e. The van der Waals surface area contributed by atoms with E-state index < -0.39 is 0 Å². The molecule has 0 heterocycles. The summed E-state index contributed by atoms with van der Waals surface area (Å²) in [5.74, 6) is 3.07. The number of hydrogen-bond donors (Lipinski definition) is 0. The minimum Gasteiger partial charge on any atom is -0.300 e. The van der Waals surface area contributed by atoms with Gasteiger partial charge in [0.15, 0.2) is 0 Å². The van der Waals surface area contributed by atoms with Crippen molar-refractivity contribution in [2.45, 2.75) is 121 Å². The molecule has 1 nitrogen and oxygen atoms in total. The van der Waals surface area contributed by atoms with Crippen LogP contribution in [0, 0.1) is 45.3 Å². The van der Waals surface area contributed by atoms with Gasteiger partial charge >= 0.3 is 0 Å². The first kappa shape index (κ1) is 24.3. The fourth-order valence-corrected chi connectivity index (χ4v) is 8.36. The van der Waals surface area contributed by atoms with E-state index in [0.717, 1.165) is 24.7 Å². The normalized spacial score (nSPS) is 36.8. The summed E-state index contributed by atoms with van der Waals surface area (Å²) in [7, 11) is 0. The lowest BCUT2D eigenvalue weighted by Crippen LogP contribution is -2.35. The van der Waals surface area contributed by atoms with E-state index in [9.17, 15) is 4.79 Å². The lowest BCUT2D eigenvalue weighted by Gasteiger charge is -2.46. The van der Waals surface area contributed by atoms with Gasteiger partial charge in [-0.1, -0.05) is 91.5 Å². The van der Waals surface area contributed by atoms with E-state index in [2.05, 4.69) is 69.2 Å². The predicted molar refractivity (Wildman–Crippen MR) is 136 cm³/mol. The molecule has 0 bridgehead atoms. The maximum absolute atomic E-state index is 13.3. The molecule has 4 unspecified atom stereocenters. The second kappa shape index (κ2) is 7.58. The molecule has 180 valence electrons. The predicted octanol–water partition coefficient (Wildman–Crippen LogP) is 8.93. The van der Waals surface area contributed by atoms with Crippen molar-refractivity contribution in [3.05, 3.63) is 22.3 Å². The lowest BCUT2D eigenvalue weighted by atomic mass is 9.59. The highest BCUT2D eigenvalue weighted by Crippen LogP contribution is 2.60. The topological polar surface area (TPSA) is 17.1 Å². The second-order valence-corrected chi connectivity index (χ2v) is 14.8. The first-order chi connectivity index (χ1) is 14.6. The van der Waals surface area contributed by atoms with Gasteiger partial charge in [-0.15, -0.1) is 0 Å². The van der Waals surface area contributed by atoms with Crippen LogP contribution in [-0.2, 0) is 4.79 Å². The summed E-state index contributed by atoms with van der Waals surface area (Å²) in [4.78, 5) is 13.3. The zero-order chi connectivity index (χ0) is 23.9. The molecule has 0 radical (unpaired) electrons. The third-order valence-electron chi connectivity index (χ3n) is 11.0. The van der Waals surface area contributed by atoms with Crippen molar-refractivity contribution in [2.24, 2.45) is 45.3 Å². The van der Waals surface area contributed by atoms with Crippen LogP contribution < -0.4 is 0 Å². The van der Waals surface area contributed by atoms with Gasteiger partial charge in [-0.25, -0.2) is 0 Å². The van der Waals surface area contributed by atoms with E-state index in [1.807, 2.05) is 0 Å². The van der Waals surface area contributed by atoms with Gasteiger partial charge < -0.3 is 0 Å². The third kappa shape index (κ3) is 3.88. The van der Waals surface area contributed by atoms with Gasteiger partial charge in [0.05, 0.1) is 0 Å². The van der Waals surface area contributed by atoms with Crippen LogP contribution in [-0.4, -0.2) is 5.78 Å². The van der Waals surface area contributed by atoms with Crippen molar-refractivity contribution in [3.63, 3.8) is 0 Å². The third-order valence-corrected chi connectivity index (χ3v) is 11.0. The first-order valence-electron chi connectivity index (χ1n) is 13.5. The van der Waals surface area contributed by atoms with Crippen molar-refractivity contribution in [3.8, 4) is 0 Å². The highest BCUT2D eigenvalue weighted by molar-refractivity contribution is 5.79. The second-order valence-electron chi connectivity index (χ2n) is 14.8. The Balaban J connectivity index is 1.40. The molecular formula is C31H50O. The molecule has 0 aromatic rings. The first-order valence-corrected chi connectivity index (χ1v) is 13.5. The van der Waals surface area contributed by atoms with Crippen LogP contribution in [0.5, 0.6) is 0 Å². The molecule has 32 heavy (non-hydrogen) atoms. The van der Waals surface area contributed by atoms with Crippen molar-refractivity contribution >= 4 is 5.78 Å². The maximum atomic E-state index is 13.3. The van der Waals surface area contributed by atoms with E-state index >= 15 is 0 Å². The Kier molecular flexibility index (Phi) is 5.75. The molecule has 0 aromatic carbocycles. The monoisotopic (exact) mass is 438 g/mol. The molecule has 4 atom stereocenters. The summed E-state index contributed by atoms with van der Waals surface area (Å²) in [6.07, 6.45) is 8.83. The van der Waals surface area contributed by atoms with Crippen LogP contribution in [0.2, 0.25) is 0 Å². The highest BCUT2D eigenvalue weighted by atomic mass is 16.1. The van der Waals surface area contributed by atoms with Gasteiger partial charge in [0.2, 0.25) is 0 Å². The highest BCUT2D eigenvalue weighted by Gasteiger charge is 2.49. The Labute approximate surface area is 198 Å². The van der Waals surface area contributed by atoms with E-state index in [0.29, 0.717) is 39.3 Å². The largest absolute Gasteiger partial charge is 0.300 e. The van der Waals surface area contributed by atoms with Gasteiger partial charge in [0, 0.05) is 12.8 Å². The molecule has 0 aliphatic heterocycles. The van der Waals surface area contributed by atoms with Gasteiger partial charge in [-0.2, -0.15) is 0 Å². The van der Waals surface area contributed by atoms with E-state index in [4.69, 9.17) is 0 Å². The van der Waals surface area contributed by atoms with Crippen molar-refractivity contribution in [1.29, 1.82) is 0 Å². The summed E-state index contributed by atoms with van der Waals surface area (Å²) >= 11 is 0. The summed E-state index contributed by atoms with van der Waals surface area (Å²) in [5.41, 5.74) is 8.02. The molecule has 0 spiro atoms. The number of carbonyl (C=O) groups excluding carboxylic acids is 1. The minimum atomic E-state index is 0.297. The number of allylic oxidation sites excluding steroid dienone is 4. The van der Waals surface area contributed by atoms with E-state index in [1.165, 1.54) is 38.5 Å². The smallest absolute Gasteiger partial charge is 0.133 e. The molecule has 0 aromatic heterocycles. The standard InChI is InChI=1S/C31H50O/c1-19-17-28(3,4)24-13-21(15-26(24)30(19,7)8)11-23(32)12-22-14-25-27(16-22)31(9,10)20(2)18-29(25,5)6/h19-22H,11-18H2,1-10H3. The van der Waals surface area contributed by atoms with Gasteiger partial charge in [0.1, 0.15) is 5.78 Å². The van der Waals surface area contributed by atoms with Crippen LogP contribution in [0.1, 0.15) is 121 Å². The number of Topliss-reactive ketones (excluding diaryl/α,β-unsaturated/α-hetero) is 1. The van der Waals surface area contributed by atoms with E-state index in [-0.39, 0.29) is 0 Å². The SMILES string of the molecule is CC1CC(C)(C)C2=C(CC(CC(=O)CC3CC4=C(C3)C(C)(C)C(C)CC4(C)C)C2)C1(C)C. The average Bonchev–Trinajstić information content (AvgIpc) is 3.25. The number of carbonyl (C=O) groups is 1. The minimum absolute atomic E-state index is 0.297. The Bertz CT molecular complexity index is 789. The molecule has 0 fully saturated rings. The van der Waals surface area contributed by atoms with Crippen molar-refractivity contribution in [2.75, 3.05) is 0 Å².